The summed E-state index contributed by atoms with van der Waals surface area (Å²) >= 11 is 0. The van der Waals surface area contributed by atoms with Crippen molar-refractivity contribution in [3.05, 3.63) is 0 Å². The Hall–Kier alpha value is -0.300. The summed E-state index contributed by atoms with van der Waals surface area (Å²) in [4.78, 5) is 0. The van der Waals surface area contributed by atoms with Gasteiger partial charge in [0.2, 0.25) is 0 Å². The van der Waals surface area contributed by atoms with Gasteiger partial charge in [0.1, 0.15) is 0 Å². The standard InChI is InChI=1S/C10H23NO8S2/c1-20(12,13)18-9-7-16-5-3-11-4-6-17-8-10-19-21(2,14)15/h11H,3-10H2,1-2H3. The Morgan fingerprint density at radius 1 is 0.667 bits per heavy atom. The monoisotopic (exact) mass is 349 g/mol. The van der Waals surface area contributed by atoms with Crippen molar-refractivity contribution in [1.82, 2.24) is 5.32 Å². The summed E-state index contributed by atoms with van der Waals surface area (Å²) in [5.41, 5.74) is 0. The van der Waals surface area contributed by atoms with Crippen LogP contribution in [0.5, 0.6) is 0 Å². The third-order valence-corrected chi connectivity index (χ3v) is 3.09. The molecule has 0 saturated heterocycles. The number of hydrogen-bond acceptors (Lipinski definition) is 9. The van der Waals surface area contributed by atoms with Crippen LogP contribution in [-0.2, 0) is 38.1 Å². The van der Waals surface area contributed by atoms with E-state index in [1.165, 1.54) is 0 Å². The Bertz CT molecular complexity index is 406. The highest BCUT2D eigenvalue weighted by Gasteiger charge is 2.01. The number of hydrogen-bond donors (Lipinski definition) is 1. The molecule has 0 aromatic rings. The molecule has 0 bridgehead atoms. The van der Waals surface area contributed by atoms with Gasteiger partial charge >= 0.3 is 0 Å². The molecule has 1 N–H and O–H groups in total. The van der Waals surface area contributed by atoms with Crippen molar-refractivity contribution in [2.24, 2.45) is 0 Å². The van der Waals surface area contributed by atoms with Gasteiger partial charge in [-0.05, 0) is 0 Å². The van der Waals surface area contributed by atoms with E-state index in [2.05, 4.69) is 13.7 Å². The first kappa shape index (κ1) is 20.7. The fourth-order valence-electron chi connectivity index (χ4n) is 1.11. The van der Waals surface area contributed by atoms with Crippen LogP contribution in [0.2, 0.25) is 0 Å². The van der Waals surface area contributed by atoms with E-state index in [4.69, 9.17) is 9.47 Å². The van der Waals surface area contributed by atoms with E-state index in [0.29, 0.717) is 26.3 Å². The summed E-state index contributed by atoms with van der Waals surface area (Å²) in [7, 11) is -6.81. The van der Waals surface area contributed by atoms with Crippen molar-refractivity contribution in [2.45, 2.75) is 0 Å². The summed E-state index contributed by atoms with van der Waals surface area (Å²) in [6, 6.07) is 0. The van der Waals surface area contributed by atoms with Crippen LogP contribution in [0.25, 0.3) is 0 Å². The maximum atomic E-state index is 10.6. The number of rotatable bonds is 14. The number of nitrogens with one attached hydrogen (secondary N) is 1. The molecule has 21 heavy (non-hydrogen) atoms. The van der Waals surface area contributed by atoms with Crippen LogP contribution in [0.1, 0.15) is 0 Å². The highest BCUT2D eigenvalue weighted by atomic mass is 32.2. The van der Waals surface area contributed by atoms with Crippen molar-refractivity contribution >= 4 is 20.2 Å². The molecule has 0 heterocycles. The summed E-state index contributed by atoms with van der Waals surface area (Å²) in [5, 5.41) is 3.03. The summed E-state index contributed by atoms with van der Waals surface area (Å²) in [6.45, 7) is 2.42. The summed E-state index contributed by atoms with van der Waals surface area (Å²) in [5.74, 6) is 0. The predicted octanol–water partition coefficient (Wildman–Crippen LogP) is -1.44. The molecule has 0 aliphatic carbocycles. The molecule has 0 saturated carbocycles. The van der Waals surface area contributed by atoms with E-state index in [1.54, 1.807) is 0 Å². The maximum Gasteiger partial charge on any atom is 0.264 e. The molecule has 0 fully saturated rings. The Morgan fingerprint density at radius 3 is 1.38 bits per heavy atom. The minimum absolute atomic E-state index is 0.00226. The molecular weight excluding hydrogens is 326 g/mol. The lowest BCUT2D eigenvalue weighted by Crippen LogP contribution is -2.25. The van der Waals surface area contributed by atoms with Crippen LogP contribution in [0.3, 0.4) is 0 Å². The average Bonchev–Trinajstić information content (AvgIpc) is 2.32. The van der Waals surface area contributed by atoms with Crippen LogP contribution in [0.4, 0.5) is 0 Å². The van der Waals surface area contributed by atoms with E-state index >= 15 is 0 Å². The second-order valence-corrected chi connectivity index (χ2v) is 7.31. The fraction of sp³-hybridized carbons (Fsp3) is 1.00. The molecule has 0 aromatic carbocycles. The lowest BCUT2D eigenvalue weighted by Gasteiger charge is -2.07. The van der Waals surface area contributed by atoms with Crippen LogP contribution in [0, 0.1) is 0 Å². The first-order valence-electron chi connectivity index (χ1n) is 6.26. The quantitative estimate of drug-likeness (QED) is 0.297. The minimum Gasteiger partial charge on any atom is -0.378 e. The summed E-state index contributed by atoms with van der Waals surface area (Å²) in [6.07, 6.45) is 1.96. The van der Waals surface area contributed by atoms with Crippen molar-refractivity contribution in [2.75, 3.05) is 65.2 Å². The Labute approximate surface area is 126 Å². The van der Waals surface area contributed by atoms with E-state index in [-0.39, 0.29) is 26.4 Å². The van der Waals surface area contributed by atoms with Crippen molar-refractivity contribution in [3.63, 3.8) is 0 Å². The van der Waals surface area contributed by atoms with Gasteiger partial charge in [-0.2, -0.15) is 16.8 Å². The van der Waals surface area contributed by atoms with Crippen LogP contribution in [-0.4, -0.2) is 82.1 Å². The molecule has 0 amide bonds. The average molecular weight is 349 g/mol. The lowest BCUT2D eigenvalue weighted by molar-refractivity contribution is 0.0927. The highest BCUT2D eigenvalue weighted by molar-refractivity contribution is 7.86. The maximum absolute atomic E-state index is 10.6. The van der Waals surface area contributed by atoms with Gasteiger partial charge in [0, 0.05) is 13.1 Å². The molecule has 11 heteroatoms. The highest BCUT2D eigenvalue weighted by Crippen LogP contribution is 1.87. The van der Waals surface area contributed by atoms with Gasteiger partial charge in [-0.15, -0.1) is 0 Å². The topological polar surface area (TPSA) is 117 Å². The van der Waals surface area contributed by atoms with Gasteiger partial charge in [-0.3, -0.25) is 8.37 Å². The zero-order chi connectivity index (χ0) is 16.2. The normalized spacial score (nSPS) is 12.7. The van der Waals surface area contributed by atoms with E-state index in [0.717, 1.165) is 12.5 Å². The van der Waals surface area contributed by atoms with Crippen LogP contribution < -0.4 is 5.32 Å². The lowest BCUT2D eigenvalue weighted by atomic mass is 10.6. The summed E-state index contributed by atoms with van der Waals surface area (Å²) < 4.78 is 61.7. The Balaban J connectivity index is 3.16. The van der Waals surface area contributed by atoms with E-state index in [9.17, 15) is 16.8 Å². The van der Waals surface area contributed by atoms with Gasteiger partial charge in [-0.25, -0.2) is 0 Å². The molecule has 0 aliphatic rings. The molecule has 0 atom stereocenters. The second kappa shape index (κ2) is 11.3. The first-order valence-corrected chi connectivity index (χ1v) is 9.89. The van der Waals surface area contributed by atoms with Gasteiger partial charge in [0.15, 0.2) is 0 Å². The molecule has 0 aliphatic heterocycles. The minimum atomic E-state index is -3.41. The van der Waals surface area contributed by atoms with Crippen LogP contribution >= 0.6 is 0 Å². The molecule has 9 nitrogen and oxygen atoms in total. The van der Waals surface area contributed by atoms with Gasteiger partial charge in [0.05, 0.1) is 52.2 Å². The molecule has 0 unspecified atom stereocenters. The number of ether oxygens (including phenoxy) is 2. The fourth-order valence-corrected chi connectivity index (χ4v) is 1.85. The predicted molar refractivity (Wildman–Crippen MR) is 76.1 cm³/mol. The van der Waals surface area contributed by atoms with Crippen molar-refractivity contribution in [3.8, 4) is 0 Å². The molecule has 128 valence electrons. The Kier molecular flexibility index (Phi) is 11.1. The SMILES string of the molecule is CS(=O)(=O)OCCOCCNCCOCCOS(C)(=O)=O. The molecule has 0 spiro atoms. The zero-order valence-electron chi connectivity index (χ0n) is 12.2. The van der Waals surface area contributed by atoms with Gasteiger partial charge in [-0.1, -0.05) is 0 Å². The van der Waals surface area contributed by atoms with Gasteiger partial charge in [0.25, 0.3) is 20.2 Å². The van der Waals surface area contributed by atoms with Crippen molar-refractivity contribution in [1.29, 1.82) is 0 Å². The zero-order valence-corrected chi connectivity index (χ0v) is 13.9. The first-order chi connectivity index (χ1) is 9.71. The molecule has 0 rings (SSSR count). The van der Waals surface area contributed by atoms with E-state index in [1.807, 2.05) is 0 Å². The Morgan fingerprint density at radius 2 is 1.05 bits per heavy atom. The molecular formula is C10H23NO8S2. The van der Waals surface area contributed by atoms with E-state index < -0.39 is 20.2 Å². The second-order valence-electron chi connectivity index (χ2n) is 4.03. The third-order valence-electron chi connectivity index (χ3n) is 1.90. The van der Waals surface area contributed by atoms with Crippen molar-refractivity contribution < 1.29 is 34.7 Å². The van der Waals surface area contributed by atoms with Crippen LogP contribution in [0.15, 0.2) is 0 Å². The third kappa shape index (κ3) is 19.7. The smallest absolute Gasteiger partial charge is 0.264 e. The molecule has 0 aromatic heterocycles. The van der Waals surface area contributed by atoms with Gasteiger partial charge < -0.3 is 14.8 Å². The molecule has 0 radical (unpaired) electrons. The largest absolute Gasteiger partial charge is 0.378 e.